The summed E-state index contributed by atoms with van der Waals surface area (Å²) >= 11 is 11.8. The number of hydrogen-bond acceptors (Lipinski definition) is 2. The Morgan fingerprint density at radius 2 is 2.05 bits per heavy atom. The first-order valence-electron chi connectivity index (χ1n) is 5.85. The van der Waals surface area contributed by atoms with Crippen LogP contribution in [0.4, 0.5) is 0 Å². The molecule has 1 amide bonds. The average molecular weight is 302 g/mol. The zero-order valence-electron chi connectivity index (χ0n) is 10.3. The molecule has 2 rings (SSSR count). The molecular weight excluding hydrogens is 289 g/mol. The number of rotatable bonds is 2. The van der Waals surface area contributed by atoms with Gasteiger partial charge >= 0.3 is 5.97 Å². The lowest BCUT2D eigenvalue weighted by Crippen LogP contribution is -2.43. The smallest absolute Gasteiger partial charge is 0.308 e. The minimum Gasteiger partial charge on any atom is -0.481 e. The second kappa shape index (κ2) is 5.39. The number of aliphatic carboxylic acids is 1. The van der Waals surface area contributed by atoms with Crippen molar-refractivity contribution in [2.75, 3.05) is 7.05 Å². The highest BCUT2D eigenvalue weighted by Gasteiger charge is 2.38. The summed E-state index contributed by atoms with van der Waals surface area (Å²) in [7, 11) is 1.62. The molecule has 0 saturated carbocycles. The third-order valence-electron chi connectivity index (χ3n) is 3.46. The SMILES string of the molecule is CN1C(=O)CCC(C(=O)O)C1c1ccc(Cl)c(Cl)c1. The molecule has 2 atom stereocenters. The van der Waals surface area contributed by atoms with Crippen molar-refractivity contribution in [2.45, 2.75) is 18.9 Å². The lowest BCUT2D eigenvalue weighted by atomic mass is 9.85. The van der Waals surface area contributed by atoms with Crippen LogP contribution in [0, 0.1) is 5.92 Å². The lowest BCUT2D eigenvalue weighted by Gasteiger charge is -2.37. The minimum atomic E-state index is -0.907. The maximum absolute atomic E-state index is 11.8. The zero-order chi connectivity index (χ0) is 14.2. The number of carbonyl (C=O) groups excluding carboxylic acids is 1. The Balaban J connectivity index is 2.43. The van der Waals surface area contributed by atoms with Gasteiger partial charge in [0.05, 0.1) is 22.0 Å². The minimum absolute atomic E-state index is 0.0615. The number of nitrogens with zero attached hydrogens (tertiary/aromatic N) is 1. The van der Waals surface area contributed by atoms with Crippen LogP contribution < -0.4 is 0 Å². The summed E-state index contributed by atoms with van der Waals surface area (Å²) in [4.78, 5) is 24.6. The van der Waals surface area contributed by atoms with E-state index in [-0.39, 0.29) is 12.3 Å². The van der Waals surface area contributed by atoms with Gasteiger partial charge in [0, 0.05) is 13.5 Å². The third-order valence-corrected chi connectivity index (χ3v) is 4.20. The fourth-order valence-electron chi connectivity index (χ4n) is 2.45. The average Bonchev–Trinajstić information content (AvgIpc) is 2.35. The Morgan fingerprint density at radius 3 is 2.63 bits per heavy atom. The zero-order valence-corrected chi connectivity index (χ0v) is 11.8. The Bertz CT molecular complexity index is 533. The molecule has 0 aromatic heterocycles. The number of carboxylic acids is 1. The van der Waals surface area contributed by atoms with Gasteiger partial charge in [-0.2, -0.15) is 0 Å². The summed E-state index contributed by atoms with van der Waals surface area (Å²) in [6, 6.07) is 4.45. The molecule has 1 heterocycles. The molecule has 19 heavy (non-hydrogen) atoms. The monoisotopic (exact) mass is 301 g/mol. The van der Waals surface area contributed by atoms with Crippen molar-refractivity contribution in [3.8, 4) is 0 Å². The fourth-order valence-corrected chi connectivity index (χ4v) is 2.76. The van der Waals surface area contributed by atoms with E-state index in [4.69, 9.17) is 23.2 Å². The number of piperidine rings is 1. The molecule has 4 nitrogen and oxygen atoms in total. The van der Waals surface area contributed by atoms with Gasteiger partial charge in [-0.25, -0.2) is 0 Å². The van der Waals surface area contributed by atoms with Crippen LogP contribution in [0.1, 0.15) is 24.4 Å². The molecule has 6 heteroatoms. The van der Waals surface area contributed by atoms with E-state index in [9.17, 15) is 14.7 Å². The van der Waals surface area contributed by atoms with Gasteiger partial charge in [0.1, 0.15) is 0 Å². The van der Waals surface area contributed by atoms with E-state index >= 15 is 0 Å². The highest BCUT2D eigenvalue weighted by Crippen LogP contribution is 2.37. The summed E-state index contributed by atoms with van der Waals surface area (Å²) in [6.07, 6.45) is 0.592. The van der Waals surface area contributed by atoms with Crippen molar-refractivity contribution < 1.29 is 14.7 Å². The molecule has 1 aromatic carbocycles. The summed E-state index contributed by atoms with van der Waals surface area (Å²) in [5.41, 5.74) is 0.692. The van der Waals surface area contributed by atoms with Gasteiger partial charge < -0.3 is 10.0 Å². The van der Waals surface area contributed by atoms with E-state index in [0.717, 1.165) is 0 Å². The molecule has 1 aromatic rings. The highest BCUT2D eigenvalue weighted by atomic mass is 35.5. The van der Waals surface area contributed by atoms with Crippen LogP contribution in [0.5, 0.6) is 0 Å². The van der Waals surface area contributed by atoms with E-state index in [0.29, 0.717) is 22.0 Å². The molecule has 1 fully saturated rings. The molecule has 1 N–H and O–H groups in total. The quantitative estimate of drug-likeness (QED) is 0.913. The van der Waals surface area contributed by atoms with Crippen molar-refractivity contribution >= 4 is 35.1 Å². The van der Waals surface area contributed by atoms with E-state index in [2.05, 4.69) is 0 Å². The van der Waals surface area contributed by atoms with Gasteiger partial charge in [0.15, 0.2) is 0 Å². The van der Waals surface area contributed by atoms with Crippen LogP contribution in [0.25, 0.3) is 0 Å². The summed E-state index contributed by atoms with van der Waals surface area (Å²) < 4.78 is 0. The molecule has 1 aliphatic heterocycles. The second-order valence-corrected chi connectivity index (χ2v) is 5.42. The van der Waals surface area contributed by atoms with Crippen molar-refractivity contribution in [3.05, 3.63) is 33.8 Å². The molecule has 0 aliphatic carbocycles. The highest BCUT2D eigenvalue weighted by molar-refractivity contribution is 6.42. The molecule has 0 radical (unpaired) electrons. The van der Waals surface area contributed by atoms with Crippen LogP contribution in [0.2, 0.25) is 10.0 Å². The molecule has 1 aliphatic rings. The van der Waals surface area contributed by atoms with E-state index < -0.39 is 17.9 Å². The van der Waals surface area contributed by atoms with Crippen molar-refractivity contribution in [2.24, 2.45) is 5.92 Å². The van der Waals surface area contributed by atoms with Crippen LogP contribution >= 0.6 is 23.2 Å². The first kappa shape index (κ1) is 14.2. The van der Waals surface area contributed by atoms with Gasteiger partial charge in [-0.3, -0.25) is 9.59 Å². The Labute approximate surface area is 120 Å². The largest absolute Gasteiger partial charge is 0.481 e. The fraction of sp³-hybridized carbons (Fsp3) is 0.385. The Morgan fingerprint density at radius 1 is 1.37 bits per heavy atom. The van der Waals surface area contributed by atoms with Gasteiger partial charge in [-0.05, 0) is 24.1 Å². The van der Waals surface area contributed by atoms with Crippen molar-refractivity contribution in [3.63, 3.8) is 0 Å². The van der Waals surface area contributed by atoms with E-state index in [1.807, 2.05) is 0 Å². The first-order chi connectivity index (χ1) is 8.91. The van der Waals surface area contributed by atoms with E-state index in [1.54, 1.807) is 25.2 Å². The van der Waals surface area contributed by atoms with Crippen molar-refractivity contribution in [1.82, 2.24) is 4.90 Å². The molecular formula is C13H13Cl2NO3. The molecule has 2 unspecified atom stereocenters. The van der Waals surface area contributed by atoms with E-state index in [1.165, 1.54) is 4.90 Å². The summed E-state index contributed by atoms with van der Waals surface area (Å²) in [6.45, 7) is 0. The molecule has 0 spiro atoms. The molecule has 1 saturated heterocycles. The Hall–Kier alpha value is -1.26. The van der Waals surface area contributed by atoms with Gasteiger partial charge in [-0.15, -0.1) is 0 Å². The number of halogens is 2. The predicted molar refractivity (Wildman–Crippen MR) is 72.3 cm³/mol. The Kier molecular flexibility index (Phi) is 4.02. The van der Waals surface area contributed by atoms with Crippen LogP contribution in [-0.2, 0) is 9.59 Å². The van der Waals surface area contributed by atoms with Gasteiger partial charge in [0.25, 0.3) is 0 Å². The topological polar surface area (TPSA) is 57.6 Å². The molecule has 0 bridgehead atoms. The summed E-state index contributed by atoms with van der Waals surface area (Å²) in [5, 5.41) is 10.1. The number of likely N-dealkylation sites (tertiary alicyclic amines) is 1. The number of hydrogen-bond donors (Lipinski definition) is 1. The number of carboxylic acid groups (broad SMARTS) is 1. The number of benzene rings is 1. The van der Waals surface area contributed by atoms with Gasteiger partial charge in [0.2, 0.25) is 5.91 Å². The van der Waals surface area contributed by atoms with Crippen LogP contribution in [-0.4, -0.2) is 28.9 Å². The summed E-state index contributed by atoms with van der Waals surface area (Å²) in [5.74, 6) is -1.59. The maximum Gasteiger partial charge on any atom is 0.308 e. The predicted octanol–water partition coefficient (Wildman–Crippen LogP) is 2.99. The second-order valence-electron chi connectivity index (χ2n) is 4.61. The van der Waals surface area contributed by atoms with Crippen LogP contribution in [0.3, 0.4) is 0 Å². The molecule has 102 valence electrons. The number of amides is 1. The maximum atomic E-state index is 11.8. The number of carbonyl (C=O) groups is 2. The van der Waals surface area contributed by atoms with Crippen molar-refractivity contribution in [1.29, 1.82) is 0 Å². The standard InChI is InChI=1S/C13H13Cl2NO3/c1-16-11(17)5-3-8(13(18)19)12(16)7-2-4-9(14)10(15)6-7/h2,4,6,8,12H,3,5H2,1H3,(H,18,19). The lowest BCUT2D eigenvalue weighted by molar-refractivity contribution is -0.150. The van der Waals surface area contributed by atoms with Gasteiger partial charge in [-0.1, -0.05) is 29.3 Å². The van der Waals surface area contributed by atoms with Crippen LogP contribution in [0.15, 0.2) is 18.2 Å². The normalized spacial score (nSPS) is 23.5. The first-order valence-corrected chi connectivity index (χ1v) is 6.61. The third kappa shape index (κ3) is 2.69.